The maximum atomic E-state index is 12.1. The monoisotopic (exact) mass is 316 g/mol. The van der Waals surface area contributed by atoms with Gasteiger partial charge < -0.3 is 15.2 Å². The minimum absolute atomic E-state index is 0.0558. The predicted octanol–water partition coefficient (Wildman–Crippen LogP) is 1.17. The molecular formula is C12H11F3N4O3. The summed E-state index contributed by atoms with van der Waals surface area (Å²) in [5.74, 6) is -0.984. The van der Waals surface area contributed by atoms with Crippen LogP contribution < -0.4 is 10.1 Å². The molecule has 2 aromatic rings. The maximum Gasteiger partial charge on any atom is 0.573 e. The lowest BCUT2D eigenvalue weighted by Gasteiger charge is -2.14. The summed E-state index contributed by atoms with van der Waals surface area (Å²) in [5.41, 5.74) is -0.0558. The number of nitrogens with one attached hydrogen (secondary N) is 2. The van der Waals surface area contributed by atoms with Gasteiger partial charge in [0.15, 0.2) is 0 Å². The van der Waals surface area contributed by atoms with Crippen molar-refractivity contribution in [2.45, 2.75) is 12.4 Å². The minimum atomic E-state index is -4.84. The van der Waals surface area contributed by atoms with Crippen LogP contribution in [0.1, 0.15) is 22.2 Å². The van der Waals surface area contributed by atoms with Crippen molar-refractivity contribution in [2.75, 3.05) is 6.61 Å². The average molecular weight is 316 g/mol. The molecule has 0 saturated carbocycles. The van der Waals surface area contributed by atoms with Crippen LogP contribution in [0.5, 0.6) is 5.75 Å². The van der Waals surface area contributed by atoms with Crippen LogP contribution in [0, 0.1) is 0 Å². The van der Waals surface area contributed by atoms with E-state index in [1.54, 1.807) is 0 Å². The second-order valence-corrected chi connectivity index (χ2v) is 4.15. The normalized spacial score (nSPS) is 12.7. The Hall–Kier alpha value is -2.62. The van der Waals surface area contributed by atoms with E-state index in [0.717, 1.165) is 12.1 Å². The molecule has 22 heavy (non-hydrogen) atoms. The summed E-state index contributed by atoms with van der Waals surface area (Å²) in [6.45, 7) is -0.459. The number of nitrogens with zero attached hydrogens (tertiary/aromatic N) is 2. The Balaban J connectivity index is 2.10. The number of rotatable bonds is 5. The first-order chi connectivity index (χ1) is 10.4. The van der Waals surface area contributed by atoms with Crippen LogP contribution in [0.4, 0.5) is 13.2 Å². The quantitative estimate of drug-likeness (QED) is 0.769. The van der Waals surface area contributed by atoms with Gasteiger partial charge in [-0.15, -0.1) is 13.2 Å². The number of amides is 1. The van der Waals surface area contributed by atoms with Gasteiger partial charge in [0.1, 0.15) is 23.9 Å². The Labute approximate surface area is 122 Å². The van der Waals surface area contributed by atoms with Gasteiger partial charge >= 0.3 is 6.36 Å². The van der Waals surface area contributed by atoms with Crippen LogP contribution in [0.15, 0.2) is 30.6 Å². The van der Waals surface area contributed by atoms with Crippen molar-refractivity contribution in [3.63, 3.8) is 0 Å². The summed E-state index contributed by atoms with van der Waals surface area (Å²) < 4.78 is 40.2. The molecule has 1 atom stereocenters. The molecule has 118 valence electrons. The molecule has 0 aliphatic heterocycles. The summed E-state index contributed by atoms with van der Waals surface area (Å²) in [4.78, 5) is 15.8. The molecule has 1 amide bonds. The predicted molar refractivity (Wildman–Crippen MR) is 66.8 cm³/mol. The summed E-state index contributed by atoms with van der Waals surface area (Å²) in [6, 6.07) is 3.72. The van der Waals surface area contributed by atoms with Gasteiger partial charge in [0.05, 0.1) is 6.61 Å². The highest BCUT2D eigenvalue weighted by molar-refractivity contribution is 5.94. The fourth-order valence-corrected chi connectivity index (χ4v) is 1.66. The van der Waals surface area contributed by atoms with Crippen molar-refractivity contribution in [1.82, 2.24) is 20.5 Å². The number of carbonyl (C=O) groups excluding carboxylic acids is 1. The van der Waals surface area contributed by atoms with E-state index >= 15 is 0 Å². The number of halogens is 3. The summed E-state index contributed by atoms with van der Waals surface area (Å²) in [6.07, 6.45) is -3.65. The topological polar surface area (TPSA) is 100 Å². The molecule has 0 aliphatic rings. The molecule has 0 unspecified atom stereocenters. The van der Waals surface area contributed by atoms with E-state index in [4.69, 9.17) is 0 Å². The number of aliphatic hydroxyl groups is 1. The molecule has 0 bridgehead atoms. The molecule has 1 heterocycles. The van der Waals surface area contributed by atoms with Crippen molar-refractivity contribution in [1.29, 1.82) is 0 Å². The Morgan fingerprint density at radius 1 is 1.45 bits per heavy atom. The van der Waals surface area contributed by atoms with Crippen LogP contribution in [0.2, 0.25) is 0 Å². The molecule has 0 aliphatic carbocycles. The third-order valence-corrected chi connectivity index (χ3v) is 2.58. The lowest BCUT2D eigenvalue weighted by atomic mass is 10.2. The lowest BCUT2D eigenvalue weighted by Crippen LogP contribution is -2.31. The van der Waals surface area contributed by atoms with Gasteiger partial charge in [-0.25, -0.2) is 4.98 Å². The molecule has 0 saturated heterocycles. The lowest BCUT2D eigenvalue weighted by molar-refractivity contribution is -0.274. The van der Waals surface area contributed by atoms with E-state index in [1.165, 1.54) is 18.5 Å². The number of benzene rings is 1. The van der Waals surface area contributed by atoms with Gasteiger partial charge in [-0.1, -0.05) is 6.07 Å². The van der Waals surface area contributed by atoms with E-state index < -0.39 is 30.7 Å². The Morgan fingerprint density at radius 2 is 2.23 bits per heavy atom. The number of hydrogen-bond acceptors (Lipinski definition) is 5. The zero-order chi connectivity index (χ0) is 16.2. The number of aromatic nitrogens is 3. The van der Waals surface area contributed by atoms with E-state index in [-0.39, 0.29) is 11.4 Å². The van der Waals surface area contributed by atoms with Crippen LogP contribution in [0.25, 0.3) is 0 Å². The van der Waals surface area contributed by atoms with Crippen molar-refractivity contribution >= 4 is 5.91 Å². The molecule has 1 aromatic heterocycles. The van der Waals surface area contributed by atoms with Crippen LogP contribution in [-0.2, 0) is 0 Å². The molecule has 0 spiro atoms. The molecule has 10 heteroatoms. The number of aliphatic hydroxyl groups excluding tert-OH is 1. The van der Waals surface area contributed by atoms with Gasteiger partial charge in [-0.3, -0.25) is 9.89 Å². The zero-order valence-corrected chi connectivity index (χ0v) is 11.0. The summed E-state index contributed by atoms with van der Waals surface area (Å²) >= 11 is 0. The summed E-state index contributed by atoms with van der Waals surface area (Å²) in [5, 5.41) is 17.7. The number of aromatic amines is 1. The average Bonchev–Trinajstić information content (AvgIpc) is 2.97. The molecule has 7 nitrogen and oxygen atoms in total. The van der Waals surface area contributed by atoms with Crippen molar-refractivity contribution in [2.24, 2.45) is 0 Å². The zero-order valence-electron chi connectivity index (χ0n) is 11.0. The SMILES string of the molecule is O=C(N[C@H](CO)c1ncn[nH]1)c1cccc(OC(F)(F)F)c1. The van der Waals surface area contributed by atoms with Crippen molar-refractivity contribution in [3.05, 3.63) is 42.0 Å². The van der Waals surface area contributed by atoms with Crippen molar-refractivity contribution < 1.29 is 27.8 Å². The Bertz CT molecular complexity index is 631. The Kier molecular flexibility index (Phi) is 4.61. The molecule has 1 aromatic carbocycles. The highest BCUT2D eigenvalue weighted by Gasteiger charge is 2.31. The third-order valence-electron chi connectivity index (χ3n) is 2.58. The molecule has 0 radical (unpaired) electrons. The van der Waals surface area contributed by atoms with Crippen LogP contribution in [0.3, 0.4) is 0 Å². The molecule has 0 fully saturated rings. The third kappa shape index (κ3) is 4.19. The number of H-pyrrole nitrogens is 1. The number of hydrogen-bond donors (Lipinski definition) is 3. The number of ether oxygens (including phenoxy) is 1. The highest BCUT2D eigenvalue weighted by Crippen LogP contribution is 2.23. The smallest absolute Gasteiger partial charge is 0.406 e. The second kappa shape index (κ2) is 6.43. The fraction of sp³-hybridized carbons (Fsp3) is 0.250. The van der Waals surface area contributed by atoms with E-state index in [2.05, 4.69) is 25.2 Å². The first kappa shape index (κ1) is 15.8. The van der Waals surface area contributed by atoms with Crippen LogP contribution >= 0.6 is 0 Å². The molecule has 2 rings (SSSR count). The number of carbonyl (C=O) groups is 1. The fourth-order valence-electron chi connectivity index (χ4n) is 1.66. The largest absolute Gasteiger partial charge is 0.573 e. The highest BCUT2D eigenvalue weighted by atomic mass is 19.4. The van der Waals surface area contributed by atoms with Gasteiger partial charge in [0.25, 0.3) is 5.91 Å². The van der Waals surface area contributed by atoms with Gasteiger partial charge in [-0.2, -0.15) is 5.10 Å². The van der Waals surface area contributed by atoms with Crippen LogP contribution in [-0.4, -0.2) is 39.2 Å². The maximum absolute atomic E-state index is 12.1. The first-order valence-electron chi connectivity index (χ1n) is 6.02. The Morgan fingerprint density at radius 3 is 2.82 bits per heavy atom. The minimum Gasteiger partial charge on any atom is -0.406 e. The van der Waals surface area contributed by atoms with E-state index in [1.807, 2.05) is 0 Å². The van der Waals surface area contributed by atoms with Gasteiger partial charge in [0, 0.05) is 5.56 Å². The molecular weight excluding hydrogens is 305 g/mol. The standard InChI is InChI=1S/C12H11F3N4O3/c13-12(14,15)22-8-3-1-2-7(4-8)11(21)18-9(5-20)10-16-6-17-19-10/h1-4,6,9,20H,5H2,(H,18,21)(H,16,17,19)/t9-/m1/s1. The number of alkyl halides is 3. The van der Waals surface area contributed by atoms with Gasteiger partial charge in [-0.05, 0) is 18.2 Å². The first-order valence-corrected chi connectivity index (χ1v) is 6.02. The van der Waals surface area contributed by atoms with E-state index in [0.29, 0.717) is 0 Å². The van der Waals surface area contributed by atoms with Gasteiger partial charge in [0.2, 0.25) is 0 Å². The molecule has 3 N–H and O–H groups in total. The second-order valence-electron chi connectivity index (χ2n) is 4.15. The summed E-state index contributed by atoms with van der Waals surface area (Å²) in [7, 11) is 0. The van der Waals surface area contributed by atoms with Crippen molar-refractivity contribution in [3.8, 4) is 5.75 Å². The van der Waals surface area contributed by atoms with E-state index in [9.17, 15) is 23.1 Å².